The molecule has 1 aliphatic rings. The minimum Gasteiger partial charge on any atom is -0.493 e. The molecule has 168 valence electrons. The Bertz CT molecular complexity index is 994. The number of hydrogen-bond acceptors (Lipinski definition) is 5. The number of nitrogens with zero attached hydrogens (tertiary/aromatic N) is 1. The summed E-state index contributed by atoms with van der Waals surface area (Å²) in [5.74, 6) is 0.881. The number of rotatable bonds is 8. The second kappa shape index (κ2) is 10.3. The minimum atomic E-state index is -3.67. The van der Waals surface area contributed by atoms with Crippen molar-refractivity contribution in [2.24, 2.45) is 0 Å². The summed E-state index contributed by atoms with van der Waals surface area (Å²) in [6.07, 6.45) is -0.343. The second-order valence-electron chi connectivity index (χ2n) is 7.20. The van der Waals surface area contributed by atoms with E-state index in [9.17, 15) is 13.2 Å². The van der Waals surface area contributed by atoms with Gasteiger partial charge in [-0.25, -0.2) is 17.5 Å². The lowest BCUT2D eigenvalue weighted by Crippen LogP contribution is -2.45. The summed E-state index contributed by atoms with van der Waals surface area (Å²) in [7, 11) is -2.10. The van der Waals surface area contributed by atoms with Crippen LogP contribution >= 0.6 is 15.9 Å². The van der Waals surface area contributed by atoms with Crippen molar-refractivity contribution in [3.8, 4) is 11.5 Å². The highest BCUT2D eigenvalue weighted by molar-refractivity contribution is 9.10. The van der Waals surface area contributed by atoms with Crippen molar-refractivity contribution in [2.45, 2.75) is 25.0 Å². The van der Waals surface area contributed by atoms with E-state index in [1.54, 1.807) is 37.4 Å². The van der Waals surface area contributed by atoms with Gasteiger partial charge in [-0.3, -0.25) is 0 Å². The summed E-state index contributed by atoms with van der Waals surface area (Å²) in [6.45, 7) is 0.612. The average Bonchev–Trinajstić information content (AvgIpc) is 2.75. The fourth-order valence-electron chi connectivity index (χ4n) is 3.52. The Kier molecular flexibility index (Phi) is 7.79. The third kappa shape index (κ3) is 6.34. The van der Waals surface area contributed by atoms with Gasteiger partial charge in [0.05, 0.1) is 18.9 Å². The summed E-state index contributed by atoms with van der Waals surface area (Å²) in [4.78, 5) is 11.2. The zero-order valence-corrected chi connectivity index (χ0v) is 19.4. The Balaban J connectivity index is 1.63. The molecule has 1 unspecified atom stereocenters. The molecule has 2 aromatic carbocycles. The maximum Gasteiger partial charge on any atom is 0.405 e. The van der Waals surface area contributed by atoms with Crippen molar-refractivity contribution in [1.29, 1.82) is 0 Å². The van der Waals surface area contributed by atoms with Crippen molar-refractivity contribution in [3.63, 3.8) is 0 Å². The van der Waals surface area contributed by atoms with Crippen LogP contribution in [0.3, 0.4) is 0 Å². The van der Waals surface area contributed by atoms with Crippen LogP contribution in [0.25, 0.3) is 0 Å². The fraction of sp³-hybridized carbons (Fsp3) is 0.381. The minimum absolute atomic E-state index is 0.136. The van der Waals surface area contributed by atoms with Gasteiger partial charge < -0.3 is 19.9 Å². The number of ether oxygens (including phenoxy) is 2. The van der Waals surface area contributed by atoms with Gasteiger partial charge in [0.1, 0.15) is 6.10 Å². The molecule has 1 saturated heterocycles. The van der Waals surface area contributed by atoms with Crippen molar-refractivity contribution >= 4 is 32.0 Å². The molecular weight excluding hydrogens is 488 g/mol. The number of methoxy groups -OCH3 is 1. The molecule has 2 N–H and O–H groups in total. The van der Waals surface area contributed by atoms with Crippen molar-refractivity contribution in [2.75, 3.05) is 26.0 Å². The number of nitrogens with one attached hydrogen (secondary N) is 1. The van der Waals surface area contributed by atoms with Crippen LogP contribution in [0.1, 0.15) is 24.4 Å². The Morgan fingerprint density at radius 1 is 1.19 bits per heavy atom. The molecule has 1 amide bonds. The van der Waals surface area contributed by atoms with Gasteiger partial charge in [-0.15, -0.1) is 0 Å². The summed E-state index contributed by atoms with van der Waals surface area (Å²) < 4.78 is 39.6. The maximum absolute atomic E-state index is 13.0. The van der Waals surface area contributed by atoms with E-state index in [-0.39, 0.29) is 11.9 Å². The number of carbonyl (C=O) groups is 1. The average molecular weight is 513 g/mol. The first-order chi connectivity index (χ1) is 14.8. The molecule has 8 nitrogen and oxygen atoms in total. The number of amides is 1. The summed E-state index contributed by atoms with van der Waals surface area (Å²) in [5.41, 5.74) is 0.606. The molecule has 0 radical (unpaired) electrons. The van der Waals surface area contributed by atoms with E-state index in [1.165, 1.54) is 4.31 Å². The quantitative estimate of drug-likeness (QED) is 0.559. The summed E-state index contributed by atoms with van der Waals surface area (Å²) in [5, 5.41) is 11.5. The van der Waals surface area contributed by atoms with Gasteiger partial charge >= 0.3 is 6.09 Å². The Labute approximate surface area is 190 Å². The normalized spacial score (nSPS) is 16.5. The fourth-order valence-corrected chi connectivity index (χ4v) is 5.53. The van der Waals surface area contributed by atoms with Crippen molar-refractivity contribution < 1.29 is 27.8 Å². The summed E-state index contributed by atoms with van der Waals surface area (Å²) in [6, 6.07) is 13.4. The molecular formula is C21H25BrN2O6S. The smallest absolute Gasteiger partial charge is 0.405 e. The Morgan fingerprint density at radius 2 is 1.87 bits per heavy atom. The van der Waals surface area contributed by atoms with Gasteiger partial charge in [0, 0.05) is 17.6 Å². The molecule has 1 heterocycles. The number of sulfonamides is 1. The topological polar surface area (TPSA) is 105 Å². The lowest BCUT2D eigenvalue weighted by atomic mass is 10.1. The third-order valence-electron chi connectivity index (χ3n) is 5.09. The van der Waals surface area contributed by atoms with Gasteiger partial charge in [0.25, 0.3) is 0 Å². The number of piperidine rings is 1. The van der Waals surface area contributed by atoms with E-state index >= 15 is 0 Å². The van der Waals surface area contributed by atoms with Gasteiger partial charge in [-0.05, 0) is 36.6 Å². The van der Waals surface area contributed by atoms with Crippen LogP contribution < -0.4 is 14.8 Å². The maximum atomic E-state index is 13.0. The van der Waals surface area contributed by atoms with Gasteiger partial charge in [-0.2, -0.15) is 0 Å². The van der Waals surface area contributed by atoms with E-state index in [4.69, 9.17) is 14.6 Å². The van der Waals surface area contributed by atoms with E-state index < -0.39 is 22.2 Å². The molecule has 0 bridgehead atoms. The molecule has 1 atom stereocenters. The van der Waals surface area contributed by atoms with Gasteiger partial charge in [0.2, 0.25) is 10.0 Å². The zero-order chi connectivity index (χ0) is 22.4. The van der Waals surface area contributed by atoms with Crippen LogP contribution in [0.15, 0.2) is 53.0 Å². The van der Waals surface area contributed by atoms with E-state index in [0.717, 1.165) is 4.47 Å². The lowest BCUT2D eigenvalue weighted by Gasteiger charge is -2.32. The molecule has 10 heteroatoms. The molecule has 0 aromatic heterocycles. The Morgan fingerprint density at radius 3 is 2.48 bits per heavy atom. The second-order valence-corrected chi connectivity index (χ2v) is 10.1. The first-order valence-corrected chi connectivity index (χ1v) is 12.2. The predicted molar refractivity (Wildman–Crippen MR) is 120 cm³/mol. The largest absolute Gasteiger partial charge is 0.493 e. The highest BCUT2D eigenvalue weighted by atomic mass is 79.9. The Hall–Kier alpha value is -2.30. The molecule has 31 heavy (non-hydrogen) atoms. The standard InChI is InChI=1S/C21H25BrN2O6S/c1-29-20-13-16(22)7-8-19(20)30-17-9-11-24(12-10-17)31(27,28)14-18(23-21(25)26)15-5-3-2-4-6-15/h2-8,13,17-18,23H,9-12,14H2,1H3,(H,25,26). The van der Waals surface area contributed by atoms with Crippen molar-refractivity contribution in [1.82, 2.24) is 9.62 Å². The van der Waals surface area contributed by atoms with Crippen LogP contribution in [-0.4, -0.2) is 56.0 Å². The molecule has 0 spiro atoms. The molecule has 0 aliphatic carbocycles. The van der Waals surface area contributed by atoms with Crippen LogP contribution in [0.2, 0.25) is 0 Å². The lowest BCUT2D eigenvalue weighted by molar-refractivity contribution is 0.131. The van der Waals surface area contributed by atoms with Crippen LogP contribution in [0, 0.1) is 0 Å². The SMILES string of the molecule is COc1cc(Br)ccc1OC1CCN(S(=O)(=O)CC(NC(=O)O)c2ccccc2)CC1. The number of carboxylic acid groups (broad SMARTS) is 1. The molecule has 3 rings (SSSR count). The van der Waals surface area contributed by atoms with Gasteiger partial charge in [0.15, 0.2) is 11.5 Å². The van der Waals surface area contributed by atoms with E-state index in [1.807, 2.05) is 18.2 Å². The van der Waals surface area contributed by atoms with Crippen LogP contribution in [0.4, 0.5) is 4.79 Å². The van der Waals surface area contributed by atoms with Crippen molar-refractivity contribution in [3.05, 3.63) is 58.6 Å². The molecule has 1 fully saturated rings. The summed E-state index contributed by atoms with van der Waals surface area (Å²) >= 11 is 3.39. The first-order valence-electron chi connectivity index (χ1n) is 9.81. The highest BCUT2D eigenvalue weighted by Crippen LogP contribution is 2.32. The van der Waals surface area contributed by atoms with E-state index in [2.05, 4.69) is 21.2 Å². The predicted octanol–water partition coefficient (Wildman–Crippen LogP) is 3.64. The third-order valence-corrected chi connectivity index (χ3v) is 7.49. The zero-order valence-electron chi connectivity index (χ0n) is 17.0. The number of hydrogen-bond donors (Lipinski definition) is 2. The molecule has 2 aromatic rings. The van der Waals surface area contributed by atoms with Crippen LogP contribution in [0.5, 0.6) is 11.5 Å². The molecule has 0 saturated carbocycles. The number of halogens is 1. The van der Waals surface area contributed by atoms with Crippen LogP contribution in [-0.2, 0) is 10.0 Å². The van der Waals surface area contributed by atoms with E-state index in [0.29, 0.717) is 43.0 Å². The molecule has 1 aliphatic heterocycles. The monoisotopic (exact) mass is 512 g/mol. The highest BCUT2D eigenvalue weighted by Gasteiger charge is 2.32. The van der Waals surface area contributed by atoms with Gasteiger partial charge in [-0.1, -0.05) is 46.3 Å². The first kappa shape index (κ1) is 23.4. The number of benzene rings is 2.